The number of carboxylic acids is 1. The fourth-order valence-electron chi connectivity index (χ4n) is 4.62. The minimum absolute atomic E-state index is 0.155. The number of carbonyl (C=O) groups is 3. The molecular formula is C28H49F3O6. The third-order valence-electron chi connectivity index (χ3n) is 6.76. The van der Waals surface area contributed by atoms with Crippen LogP contribution in [0.2, 0.25) is 0 Å². The number of hydrogen-bond acceptors (Lipinski definition) is 5. The van der Waals surface area contributed by atoms with Gasteiger partial charge < -0.3 is 14.6 Å². The first kappa shape index (κ1) is 35.2. The lowest BCUT2D eigenvalue weighted by Gasteiger charge is -2.38. The molecule has 0 aliphatic carbocycles. The van der Waals surface area contributed by atoms with Gasteiger partial charge in [-0.05, 0) is 60.8 Å². The van der Waals surface area contributed by atoms with Gasteiger partial charge in [0.15, 0.2) is 6.10 Å². The lowest BCUT2D eigenvalue weighted by atomic mass is 9.66. The van der Waals surface area contributed by atoms with Crippen molar-refractivity contribution in [1.29, 1.82) is 0 Å². The predicted molar refractivity (Wildman–Crippen MR) is 137 cm³/mol. The maximum absolute atomic E-state index is 13.2. The van der Waals surface area contributed by atoms with Crippen LogP contribution in [0, 0.1) is 16.2 Å². The molecule has 2 atom stereocenters. The van der Waals surface area contributed by atoms with E-state index in [0.29, 0.717) is 6.42 Å². The van der Waals surface area contributed by atoms with Gasteiger partial charge in [-0.15, -0.1) is 0 Å². The fraction of sp³-hybridized carbons (Fsp3) is 0.893. The largest absolute Gasteiger partial charge is 0.481 e. The average molecular weight is 539 g/mol. The van der Waals surface area contributed by atoms with Crippen LogP contribution < -0.4 is 0 Å². The van der Waals surface area contributed by atoms with Crippen molar-refractivity contribution in [2.75, 3.05) is 6.61 Å². The van der Waals surface area contributed by atoms with Crippen molar-refractivity contribution in [3.05, 3.63) is 0 Å². The van der Waals surface area contributed by atoms with Crippen LogP contribution in [-0.4, -0.2) is 41.9 Å². The molecule has 37 heavy (non-hydrogen) atoms. The van der Waals surface area contributed by atoms with E-state index in [1.54, 1.807) is 0 Å². The van der Waals surface area contributed by atoms with Gasteiger partial charge in [-0.2, -0.15) is 13.2 Å². The molecule has 9 heteroatoms. The summed E-state index contributed by atoms with van der Waals surface area (Å²) in [6.07, 6.45) is 3.77. The average Bonchev–Trinajstić information content (AvgIpc) is 2.75. The number of unbranched alkanes of at least 4 members (excludes halogenated alkanes) is 9. The molecule has 0 radical (unpaired) electrons. The van der Waals surface area contributed by atoms with Crippen LogP contribution in [0.15, 0.2) is 0 Å². The molecule has 0 bridgehead atoms. The third-order valence-corrected chi connectivity index (χ3v) is 6.76. The van der Waals surface area contributed by atoms with Crippen LogP contribution in [0.3, 0.4) is 0 Å². The number of halogens is 3. The van der Waals surface area contributed by atoms with Gasteiger partial charge in [0.25, 0.3) is 0 Å². The number of esters is 2. The third kappa shape index (κ3) is 13.5. The predicted octanol–water partition coefficient (Wildman–Crippen LogP) is 7.87. The minimum Gasteiger partial charge on any atom is -0.481 e. The molecule has 0 fully saturated rings. The molecule has 2 unspecified atom stereocenters. The molecule has 1 N–H and O–H groups in total. The van der Waals surface area contributed by atoms with Gasteiger partial charge in [-0.25, -0.2) is 0 Å². The minimum atomic E-state index is -4.71. The zero-order valence-corrected chi connectivity index (χ0v) is 23.9. The number of ether oxygens (including phenoxy) is 2. The highest BCUT2D eigenvalue weighted by Gasteiger charge is 2.49. The Balaban J connectivity index is 5.08. The molecule has 0 aromatic carbocycles. The lowest BCUT2D eigenvalue weighted by Crippen LogP contribution is -2.44. The van der Waals surface area contributed by atoms with Gasteiger partial charge in [-0.1, -0.05) is 64.7 Å². The van der Waals surface area contributed by atoms with Crippen LogP contribution in [0.4, 0.5) is 13.2 Å². The van der Waals surface area contributed by atoms with Crippen molar-refractivity contribution in [1.82, 2.24) is 0 Å². The lowest BCUT2D eigenvalue weighted by molar-refractivity contribution is -0.222. The zero-order chi connectivity index (χ0) is 28.9. The standard InChI is InChI=1S/C28H49F3O6/c1-8-9-10-11-12-13-14-15-16-17-18-36-24(35)27(7,19-25(3,4)22(32)33)20-26(5,6)23(34)37-21(2)28(29,30)31/h21H,8-20H2,1-7H3,(H,32,33). The fourth-order valence-corrected chi connectivity index (χ4v) is 4.62. The smallest absolute Gasteiger partial charge is 0.425 e. The van der Waals surface area contributed by atoms with Crippen molar-refractivity contribution in [3.63, 3.8) is 0 Å². The van der Waals surface area contributed by atoms with Crippen molar-refractivity contribution >= 4 is 17.9 Å². The van der Waals surface area contributed by atoms with Crippen molar-refractivity contribution in [3.8, 4) is 0 Å². The molecule has 0 saturated carbocycles. The van der Waals surface area contributed by atoms with E-state index in [0.717, 1.165) is 26.2 Å². The van der Waals surface area contributed by atoms with E-state index in [9.17, 15) is 32.7 Å². The molecule has 0 saturated heterocycles. The summed E-state index contributed by atoms with van der Waals surface area (Å²) in [7, 11) is 0. The highest BCUT2D eigenvalue weighted by Crippen LogP contribution is 2.44. The summed E-state index contributed by atoms with van der Waals surface area (Å²) in [5.41, 5.74) is -4.24. The molecule has 6 nitrogen and oxygen atoms in total. The highest BCUT2D eigenvalue weighted by atomic mass is 19.4. The number of hydrogen-bond donors (Lipinski definition) is 1. The van der Waals surface area contributed by atoms with Crippen LogP contribution >= 0.6 is 0 Å². The summed E-state index contributed by atoms with van der Waals surface area (Å²) in [6, 6.07) is 0. The van der Waals surface area contributed by atoms with E-state index in [1.165, 1.54) is 73.1 Å². The Morgan fingerprint density at radius 3 is 1.59 bits per heavy atom. The quantitative estimate of drug-likeness (QED) is 0.133. The van der Waals surface area contributed by atoms with E-state index >= 15 is 0 Å². The first-order chi connectivity index (χ1) is 16.9. The van der Waals surface area contributed by atoms with Crippen LogP contribution in [0.25, 0.3) is 0 Å². The number of rotatable bonds is 19. The molecule has 0 aliphatic rings. The van der Waals surface area contributed by atoms with Gasteiger partial charge in [-0.3, -0.25) is 14.4 Å². The van der Waals surface area contributed by atoms with Crippen LogP contribution in [0.1, 0.15) is 126 Å². The molecule has 218 valence electrons. The van der Waals surface area contributed by atoms with Crippen molar-refractivity contribution in [2.45, 2.75) is 138 Å². The maximum atomic E-state index is 13.2. The Morgan fingerprint density at radius 1 is 0.730 bits per heavy atom. The van der Waals surface area contributed by atoms with Crippen molar-refractivity contribution < 1.29 is 42.1 Å². The first-order valence-electron chi connectivity index (χ1n) is 13.6. The van der Waals surface area contributed by atoms with Gasteiger partial charge in [0.2, 0.25) is 0 Å². The molecule has 0 heterocycles. The van der Waals surface area contributed by atoms with Gasteiger partial charge in [0, 0.05) is 0 Å². The van der Waals surface area contributed by atoms with E-state index in [4.69, 9.17) is 4.74 Å². The van der Waals surface area contributed by atoms with E-state index in [2.05, 4.69) is 11.7 Å². The topological polar surface area (TPSA) is 89.9 Å². The molecule has 0 aliphatic heterocycles. The number of carboxylic acid groups (broad SMARTS) is 1. The molecule has 0 rings (SSSR count). The second-order valence-electron chi connectivity index (χ2n) is 11.9. The SMILES string of the molecule is CCCCCCCCCCCCOC(=O)C(C)(CC(C)(C)C(=O)O)CC(C)(C)C(=O)OC(C)C(F)(F)F. The van der Waals surface area contributed by atoms with Crippen LogP contribution in [0.5, 0.6) is 0 Å². The van der Waals surface area contributed by atoms with E-state index in [-0.39, 0.29) is 19.4 Å². The maximum Gasteiger partial charge on any atom is 0.425 e. The van der Waals surface area contributed by atoms with Gasteiger partial charge in [0.1, 0.15) is 0 Å². The summed E-state index contributed by atoms with van der Waals surface area (Å²) in [4.78, 5) is 37.5. The Bertz CT molecular complexity index is 717. The second-order valence-corrected chi connectivity index (χ2v) is 11.9. The van der Waals surface area contributed by atoms with Crippen LogP contribution in [-0.2, 0) is 23.9 Å². The summed E-state index contributed by atoms with van der Waals surface area (Å²) < 4.78 is 48.8. The Kier molecular flexibility index (Phi) is 14.8. The van der Waals surface area contributed by atoms with E-state index in [1.807, 2.05) is 0 Å². The molecule has 0 aromatic rings. The number of alkyl halides is 3. The molecule has 0 spiro atoms. The summed E-state index contributed by atoms with van der Waals surface area (Å²) >= 11 is 0. The van der Waals surface area contributed by atoms with E-state index < -0.39 is 46.4 Å². The summed E-state index contributed by atoms with van der Waals surface area (Å²) in [5.74, 6) is -2.91. The molecule has 0 aromatic heterocycles. The van der Waals surface area contributed by atoms with Gasteiger partial charge in [0.05, 0.1) is 22.9 Å². The first-order valence-corrected chi connectivity index (χ1v) is 13.6. The van der Waals surface area contributed by atoms with Gasteiger partial charge >= 0.3 is 24.1 Å². The van der Waals surface area contributed by atoms with Crippen molar-refractivity contribution in [2.24, 2.45) is 16.2 Å². The Morgan fingerprint density at radius 2 is 1.16 bits per heavy atom. The highest BCUT2D eigenvalue weighted by molar-refractivity contribution is 5.82. The summed E-state index contributed by atoms with van der Waals surface area (Å²) in [6.45, 7) is 10.3. The monoisotopic (exact) mass is 538 g/mol. The molecular weight excluding hydrogens is 489 g/mol. The molecule has 0 amide bonds. The summed E-state index contributed by atoms with van der Waals surface area (Å²) in [5, 5.41) is 9.61. The number of aliphatic carboxylic acids is 1. The Hall–Kier alpha value is -1.80. The Labute approximate surface area is 221 Å². The zero-order valence-electron chi connectivity index (χ0n) is 23.9. The number of carbonyl (C=O) groups excluding carboxylic acids is 2. The normalized spacial score (nSPS) is 15.1. The second kappa shape index (κ2) is 15.6.